The minimum absolute atomic E-state index is 0.470. The van der Waals surface area contributed by atoms with Gasteiger partial charge in [-0.15, -0.1) is 0 Å². The molecule has 0 aromatic heterocycles. The molecule has 0 spiro atoms. The summed E-state index contributed by atoms with van der Waals surface area (Å²) in [6.45, 7) is 0. The molecule has 0 aliphatic heterocycles. The fraction of sp³-hybridized carbons (Fsp3) is 0.143. The molecule has 0 unspecified atom stereocenters. The predicted molar refractivity (Wildman–Crippen MR) is 45.8 cm³/mol. The maximum absolute atomic E-state index is 12.8. The molecule has 0 saturated heterocycles. The van der Waals surface area contributed by atoms with E-state index in [0.29, 0.717) is 6.07 Å². The monoisotopic (exact) mass is 292 g/mol. The quantitative estimate of drug-likeness (QED) is 0.567. The Hall–Kier alpha value is -0.490. The van der Waals surface area contributed by atoms with E-state index in [1.807, 2.05) is 0 Å². The van der Waals surface area contributed by atoms with Crippen molar-refractivity contribution < 1.29 is 22.7 Å². The second kappa shape index (κ2) is 3.58. The maximum atomic E-state index is 12.8. The summed E-state index contributed by atoms with van der Waals surface area (Å²) in [6.07, 6.45) is -4.73. The van der Waals surface area contributed by atoms with E-state index in [1.54, 1.807) is 0 Å². The molecule has 1 rings (SSSR count). The van der Waals surface area contributed by atoms with Crippen LogP contribution in [-0.2, 0) is 6.18 Å². The first-order valence-electron chi connectivity index (χ1n) is 3.18. The molecule has 0 bridgehead atoms. The summed E-state index contributed by atoms with van der Waals surface area (Å²) in [6, 6.07) is 0.470. The topological polar surface area (TPSA) is 20.2 Å². The first kappa shape index (κ1) is 11.6. The Morgan fingerprint density at radius 2 is 1.86 bits per heavy atom. The van der Waals surface area contributed by atoms with Crippen molar-refractivity contribution in [1.82, 2.24) is 0 Å². The summed E-state index contributed by atoms with van der Waals surface area (Å²) in [5.74, 6) is -2.43. The Labute approximate surface area is 89.4 Å². The highest BCUT2D eigenvalue weighted by molar-refractivity contribution is 9.10. The zero-order valence-corrected chi connectivity index (χ0v) is 8.63. The molecule has 14 heavy (non-hydrogen) atoms. The first-order valence-corrected chi connectivity index (χ1v) is 4.36. The molecule has 1 aromatic rings. The number of benzene rings is 1. The lowest BCUT2D eigenvalue weighted by molar-refractivity contribution is -0.137. The molecular weight excluding hydrogens is 291 g/mol. The second-order valence-electron chi connectivity index (χ2n) is 2.38. The van der Waals surface area contributed by atoms with E-state index in [0.717, 1.165) is 0 Å². The molecule has 0 aliphatic carbocycles. The molecule has 0 fully saturated rings. The second-order valence-corrected chi connectivity index (χ2v) is 3.61. The lowest BCUT2D eigenvalue weighted by atomic mass is 10.2. The lowest BCUT2D eigenvalue weighted by Gasteiger charge is -2.11. The Morgan fingerprint density at radius 1 is 1.36 bits per heavy atom. The fourth-order valence-corrected chi connectivity index (χ4v) is 1.46. The van der Waals surface area contributed by atoms with Gasteiger partial charge in [-0.25, -0.2) is 4.39 Å². The maximum Gasteiger partial charge on any atom is 0.418 e. The van der Waals surface area contributed by atoms with Gasteiger partial charge in [0.15, 0.2) is 11.6 Å². The van der Waals surface area contributed by atoms with Crippen molar-refractivity contribution in [2.24, 2.45) is 0 Å². The average Bonchev–Trinajstić information content (AvgIpc) is 2.06. The van der Waals surface area contributed by atoms with Crippen molar-refractivity contribution in [1.29, 1.82) is 0 Å². The van der Waals surface area contributed by atoms with Gasteiger partial charge in [-0.3, -0.25) is 0 Å². The van der Waals surface area contributed by atoms with Gasteiger partial charge in [-0.05, 0) is 22.0 Å². The highest BCUT2D eigenvalue weighted by Gasteiger charge is 2.36. The van der Waals surface area contributed by atoms with Crippen LogP contribution in [0.3, 0.4) is 0 Å². The van der Waals surface area contributed by atoms with Crippen molar-refractivity contribution in [3.8, 4) is 5.75 Å². The fourth-order valence-electron chi connectivity index (χ4n) is 0.797. The van der Waals surface area contributed by atoms with Crippen LogP contribution in [0.25, 0.3) is 0 Å². The zero-order valence-electron chi connectivity index (χ0n) is 6.29. The minimum atomic E-state index is -4.73. The molecule has 7 heteroatoms. The number of rotatable bonds is 0. The predicted octanol–water partition coefficient (Wildman–Crippen LogP) is 3.97. The summed E-state index contributed by atoms with van der Waals surface area (Å²) in [5.41, 5.74) is -1.29. The Kier molecular flexibility index (Phi) is 2.96. The van der Waals surface area contributed by atoms with Crippen LogP contribution in [0.5, 0.6) is 5.75 Å². The summed E-state index contributed by atoms with van der Waals surface area (Å²) in [5, 5.41) is 7.85. The van der Waals surface area contributed by atoms with E-state index in [4.69, 9.17) is 16.7 Å². The largest absolute Gasteiger partial charge is 0.504 e. The van der Waals surface area contributed by atoms with Gasteiger partial charge in [0.2, 0.25) is 0 Å². The summed E-state index contributed by atoms with van der Waals surface area (Å²) in [7, 11) is 0. The van der Waals surface area contributed by atoms with Crippen molar-refractivity contribution >= 4 is 27.5 Å². The van der Waals surface area contributed by atoms with E-state index in [9.17, 15) is 17.6 Å². The van der Waals surface area contributed by atoms with Crippen LogP contribution >= 0.6 is 27.5 Å². The van der Waals surface area contributed by atoms with Gasteiger partial charge >= 0.3 is 6.18 Å². The molecule has 0 radical (unpaired) electrons. The van der Waals surface area contributed by atoms with Crippen LogP contribution < -0.4 is 0 Å². The van der Waals surface area contributed by atoms with Gasteiger partial charge < -0.3 is 5.11 Å². The number of phenols is 1. The third-order valence-electron chi connectivity index (χ3n) is 1.44. The first-order chi connectivity index (χ1) is 6.25. The molecule has 0 atom stereocenters. The number of halogens is 6. The molecule has 0 amide bonds. The number of aromatic hydroxyl groups is 1. The van der Waals surface area contributed by atoms with E-state index in [1.165, 1.54) is 0 Å². The van der Waals surface area contributed by atoms with E-state index in [2.05, 4.69) is 15.9 Å². The molecule has 0 saturated carbocycles. The highest BCUT2D eigenvalue weighted by atomic mass is 79.9. The van der Waals surface area contributed by atoms with Crippen molar-refractivity contribution in [2.45, 2.75) is 6.18 Å². The average molecular weight is 293 g/mol. The Bertz CT molecular complexity index is 377. The summed E-state index contributed by atoms with van der Waals surface area (Å²) >= 11 is 7.65. The lowest BCUT2D eigenvalue weighted by Crippen LogP contribution is -2.06. The van der Waals surface area contributed by atoms with Gasteiger partial charge in [0, 0.05) is 0 Å². The SMILES string of the molecule is Oc1c(F)c(Br)cc(C(F)(F)F)c1Cl. The third kappa shape index (κ3) is 1.95. The molecule has 0 aliphatic rings. The van der Waals surface area contributed by atoms with Gasteiger partial charge in [0.1, 0.15) is 0 Å². The van der Waals surface area contributed by atoms with Crippen molar-refractivity contribution in [3.63, 3.8) is 0 Å². The van der Waals surface area contributed by atoms with Crippen LogP contribution in [0.1, 0.15) is 5.56 Å². The third-order valence-corrected chi connectivity index (χ3v) is 2.40. The highest BCUT2D eigenvalue weighted by Crippen LogP contribution is 2.42. The van der Waals surface area contributed by atoms with Crippen molar-refractivity contribution in [3.05, 3.63) is 26.9 Å². The smallest absolute Gasteiger partial charge is 0.418 e. The normalized spacial score (nSPS) is 11.9. The number of hydrogen-bond donors (Lipinski definition) is 1. The van der Waals surface area contributed by atoms with Crippen molar-refractivity contribution in [2.75, 3.05) is 0 Å². The van der Waals surface area contributed by atoms with Gasteiger partial charge in [0.25, 0.3) is 0 Å². The van der Waals surface area contributed by atoms with Crippen LogP contribution in [0.4, 0.5) is 17.6 Å². The minimum Gasteiger partial charge on any atom is -0.504 e. The zero-order chi connectivity index (χ0) is 11.1. The molecular formula is C7H2BrClF4O. The van der Waals surface area contributed by atoms with E-state index in [-0.39, 0.29) is 0 Å². The van der Waals surface area contributed by atoms with Gasteiger partial charge in [-0.1, -0.05) is 11.6 Å². The number of phenolic OH excluding ortho intramolecular Hbond substituents is 1. The Morgan fingerprint density at radius 3 is 2.29 bits per heavy atom. The number of alkyl halides is 3. The molecule has 1 aromatic carbocycles. The molecule has 78 valence electrons. The molecule has 1 N–H and O–H groups in total. The number of hydrogen-bond acceptors (Lipinski definition) is 1. The van der Waals surface area contributed by atoms with E-state index < -0.39 is 32.8 Å². The molecule has 1 nitrogen and oxygen atoms in total. The summed E-state index contributed by atoms with van der Waals surface area (Å²) < 4.78 is 48.9. The Balaban J connectivity index is 3.49. The standard InChI is InChI=1S/C7H2BrClF4O/c8-3-1-2(7(11,12)13)4(9)6(14)5(3)10/h1,14H. The van der Waals surface area contributed by atoms with Crippen LogP contribution in [0.15, 0.2) is 10.5 Å². The van der Waals surface area contributed by atoms with Gasteiger partial charge in [0.05, 0.1) is 15.1 Å². The summed E-state index contributed by atoms with van der Waals surface area (Å²) in [4.78, 5) is 0. The van der Waals surface area contributed by atoms with Crippen LogP contribution in [0.2, 0.25) is 5.02 Å². The van der Waals surface area contributed by atoms with Gasteiger partial charge in [-0.2, -0.15) is 13.2 Å². The van der Waals surface area contributed by atoms with Crippen LogP contribution in [0, 0.1) is 5.82 Å². The van der Waals surface area contributed by atoms with E-state index >= 15 is 0 Å². The molecule has 0 heterocycles. The van der Waals surface area contributed by atoms with Crippen LogP contribution in [-0.4, -0.2) is 5.11 Å².